The Balaban J connectivity index is 1.62. The van der Waals surface area contributed by atoms with E-state index in [9.17, 15) is 4.79 Å². The molecule has 1 heterocycles. The number of nitrogens with zero attached hydrogens (tertiary/aromatic N) is 3. The van der Waals surface area contributed by atoms with Crippen molar-refractivity contribution >= 4 is 5.91 Å². The largest absolute Gasteiger partial charge is 0.289 e. The molecule has 0 aliphatic rings. The van der Waals surface area contributed by atoms with Crippen molar-refractivity contribution in [1.29, 1.82) is 0 Å². The summed E-state index contributed by atoms with van der Waals surface area (Å²) in [5, 5.41) is 16.7. The van der Waals surface area contributed by atoms with Crippen molar-refractivity contribution in [2.24, 2.45) is 0 Å². The van der Waals surface area contributed by atoms with Gasteiger partial charge in [0.2, 0.25) is 5.91 Å². The summed E-state index contributed by atoms with van der Waals surface area (Å²) in [6.45, 7) is 0. The van der Waals surface area contributed by atoms with E-state index < -0.39 is 0 Å². The molecule has 0 bridgehead atoms. The van der Waals surface area contributed by atoms with E-state index in [-0.39, 0.29) is 5.91 Å². The van der Waals surface area contributed by atoms with Gasteiger partial charge < -0.3 is 0 Å². The normalized spacial score (nSPS) is 10.6. The van der Waals surface area contributed by atoms with Gasteiger partial charge in [-0.25, -0.2) is 10.2 Å². The number of hydroxylamine groups is 1. The molecular formula is C16H22N4O2. The minimum absolute atomic E-state index is 0.308. The molecule has 2 aromatic rings. The maximum absolute atomic E-state index is 10.8. The van der Waals surface area contributed by atoms with Crippen molar-refractivity contribution in [3.63, 3.8) is 0 Å². The molecule has 1 aromatic heterocycles. The van der Waals surface area contributed by atoms with Crippen molar-refractivity contribution in [3.05, 3.63) is 42.2 Å². The zero-order valence-corrected chi connectivity index (χ0v) is 12.6. The quantitative estimate of drug-likeness (QED) is 0.424. The second-order valence-electron chi connectivity index (χ2n) is 5.29. The number of nitrogens with one attached hydrogen (secondary N) is 1. The standard InChI is InChI=1S/C16H22N4O2/c21-16(18-22)12-8-3-1-2-5-9-14-13-20(19-17-14)15-10-6-4-7-11-15/h4,6-7,10-11,13,22H,1-3,5,8-9,12H2,(H,18,21). The van der Waals surface area contributed by atoms with Crippen molar-refractivity contribution in [1.82, 2.24) is 20.5 Å². The monoisotopic (exact) mass is 302 g/mol. The van der Waals surface area contributed by atoms with Crippen LogP contribution in [0.1, 0.15) is 44.2 Å². The molecule has 0 fully saturated rings. The lowest BCUT2D eigenvalue weighted by molar-refractivity contribution is -0.129. The van der Waals surface area contributed by atoms with Crippen LogP contribution in [0.15, 0.2) is 36.5 Å². The highest BCUT2D eigenvalue weighted by molar-refractivity contribution is 5.74. The third kappa shape index (κ3) is 5.29. The number of carbonyl (C=O) groups excluding carboxylic acids is 1. The van der Waals surface area contributed by atoms with Gasteiger partial charge in [-0.1, -0.05) is 42.7 Å². The van der Waals surface area contributed by atoms with Gasteiger partial charge in [-0.2, -0.15) is 0 Å². The number of aromatic nitrogens is 3. The summed E-state index contributed by atoms with van der Waals surface area (Å²) in [4.78, 5) is 10.8. The summed E-state index contributed by atoms with van der Waals surface area (Å²) in [6.07, 6.45) is 8.37. The molecule has 1 amide bonds. The predicted molar refractivity (Wildman–Crippen MR) is 82.7 cm³/mol. The predicted octanol–water partition coefficient (Wildman–Crippen LogP) is 2.66. The lowest BCUT2D eigenvalue weighted by Gasteiger charge is -2.00. The van der Waals surface area contributed by atoms with Crippen LogP contribution in [0.5, 0.6) is 0 Å². The number of benzene rings is 1. The molecule has 2 N–H and O–H groups in total. The van der Waals surface area contributed by atoms with E-state index in [4.69, 9.17) is 5.21 Å². The van der Waals surface area contributed by atoms with Crippen LogP contribution >= 0.6 is 0 Å². The molecule has 6 nitrogen and oxygen atoms in total. The Kier molecular flexibility index (Phi) is 6.57. The van der Waals surface area contributed by atoms with Gasteiger partial charge in [0, 0.05) is 6.42 Å². The third-order valence-electron chi connectivity index (χ3n) is 3.52. The second kappa shape index (κ2) is 8.94. The molecular weight excluding hydrogens is 280 g/mol. The van der Waals surface area contributed by atoms with E-state index in [0.29, 0.717) is 6.42 Å². The molecule has 118 valence electrons. The number of aryl methyl sites for hydroxylation is 1. The number of rotatable bonds is 9. The van der Waals surface area contributed by atoms with Gasteiger partial charge >= 0.3 is 0 Å². The van der Waals surface area contributed by atoms with E-state index in [2.05, 4.69) is 10.3 Å². The topological polar surface area (TPSA) is 80.0 Å². The highest BCUT2D eigenvalue weighted by Gasteiger charge is 2.03. The SMILES string of the molecule is O=C(CCCCCCCc1cn(-c2ccccc2)nn1)NO. The van der Waals surface area contributed by atoms with Gasteiger partial charge in [0.15, 0.2) is 0 Å². The smallest absolute Gasteiger partial charge is 0.243 e. The fourth-order valence-corrected chi connectivity index (χ4v) is 2.30. The molecule has 0 aliphatic heterocycles. The Hall–Kier alpha value is -2.21. The molecule has 0 saturated heterocycles. The van der Waals surface area contributed by atoms with Crippen LogP contribution in [0.2, 0.25) is 0 Å². The number of hydrogen-bond acceptors (Lipinski definition) is 4. The molecule has 0 unspecified atom stereocenters. The molecule has 0 radical (unpaired) electrons. The zero-order chi connectivity index (χ0) is 15.6. The van der Waals surface area contributed by atoms with Crippen molar-refractivity contribution in [2.75, 3.05) is 0 Å². The van der Waals surface area contributed by atoms with E-state index in [1.807, 2.05) is 36.5 Å². The average molecular weight is 302 g/mol. The Labute approximate surface area is 130 Å². The molecule has 0 spiro atoms. The zero-order valence-electron chi connectivity index (χ0n) is 12.6. The van der Waals surface area contributed by atoms with Gasteiger partial charge in [-0.05, 0) is 31.4 Å². The first kappa shape index (κ1) is 16.2. The summed E-state index contributed by atoms with van der Waals surface area (Å²) >= 11 is 0. The number of hydrogen-bond donors (Lipinski definition) is 2. The molecule has 0 saturated carbocycles. The van der Waals surface area contributed by atoms with E-state index >= 15 is 0 Å². The van der Waals surface area contributed by atoms with Crippen LogP contribution in [0, 0.1) is 0 Å². The van der Waals surface area contributed by atoms with E-state index in [1.165, 1.54) is 0 Å². The molecule has 2 rings (SSSR count). The fraction of sp³-hybridized carbons (Fsp3) is 0.438. The van der Waals surface area contributed by atoms with Crippen LogP contribution in [0.25, 0.3) is 5.69 Å². The lowest BCUT2D eigenvalue weighted by atomic mass is 10.1. The highest BCUT2D eigenvalue weighted by Crippen LogP contribution is 2.10. The van der Waals surface area contributed by atoms with Crippen LogP contribution in [0.3, 0.4) is 0 Å². The summed E-state index contributed by atoms with van der Waals surface area (Å²) in [5.74, 6) is -0.308. The Morgan fingerprint density at radius 2 is 1.82 bits per heavy atom. The first-order chi connectivity index (χ1) is 10.8. The molecule has 6 heteroatoms. The van der Waals surface area contributed by atoms with Crippen molar-refractivity contribution in [2.45, 2.75) is 44.9 Å². The Morgan fingerprint density at radius 3 is 2.59 bits per heavy atom. The van der Waals surface area contributed by atoms with Crippen molar-refractivity contribution < 1.29 is 10.0 Å². The van der Waals surface area contributed by atoms with Crippen molar-refractivity contribution in [3.8, 4) is 5.69 Å². The third-order valence-corrected chi connectivity index (χ3v) is 3.52. The average Bonchev–Trinajstić information content (AvgIpc) is 3.03. The Bertz CT molecular complexity index is 569. The maximum atomic E-state index is 10.8. The Morgan fingerprint density at radius 1 is 1.09 bits per heavy atom. The van der Waals surface area contributed by atoms with Gasteiger partial charge in [0.05, 0.1) is 17.6 Å². The van der Waals surface area contributed by atoms with Crippen LogP contribution in [-0.4, -0.2) is 26.1 Å². The van der Waals surface area contributed by atoms with Crippen LogP contribution in [0.4, 0.5) is 0 Å². The molecule has 22 heavy (non-hydrogen) atoms. The summed E-state index contributed by atoms with van der Waals surface area (Å²) in [6, 6.07) is 9.94. The minimum atomic E-state index is -0.308. The number of amides is 1. The van der Waals surface area contributed by atoms with Crippen LogP contribution in [-0.2, 0) is 11.2 Å². The van der Waals surface area contributed by atoms with E-state index in [1.54, 1.807) is 10.2 Å². The number of carbonyl (C=O) groups is 1. The lowest BCUT2D eigenvalue weighted by Crippen LogP contribution is -2.17. The second-order valence-corrected chi connectivity index (χ2v) is 5.29. The van der Waals surface area contributed by atoms with Gasteiger partial charge in [-0.15, -0.1) is 5.10 Å². The molecule has 0 atom stereocenters. The van der Waals surface area contributed by atoms with Gasteiger partial charge in [0.1, 0.15) is 0 Å². The van der Waals surface area contributed by atoms with E-state index in [0.717, 1.165) is 49.9 Å². The van der Waals surface area contributed by atoms with Gasteiger partial charge in [-0.3, -0.25) is 10.0 Å². The molecule has 0 aliphatic carbocycles. The van der Waals surface area contributed by atoms with Gasteiger partial charge in [0.25, 0.3) is 0 Å². The summed E-state index contributed by atoms with van der Waals surface area (Å²) in [5.41, 5.74) is 3.67. The number of unbranched alkanes of at least 4 members (excludes halogenated alkanes) is 4. The highest BCUT2D eigenvalue weighted by atomic mass is 16.5. The number of para-hydroxylation sites is 1. The summed E-state index contributed by atoms with van der Waals surface area (Å²) < 4.78 is 1.79. The first-order valence-electron chi connectivity index (χ1n) is 7.69. The summed E-state index contributed by atoms with van der Waals surface area (Å²) in [7, 11) is 0. The molecule has 1 aromatic carbocycles. The minimum Gasteiger partial charge on any atom is -0.289 e. The first-order valence-corrected chi connectivity index (χ1v) is 7.69. The maximum Gasteiger partial charge on any atom is 0.243 e. The van der Waals surface area contributed by atoms with Crippen LogP contribution < -0.4 is 5.48 Å². The fourth-order valence-electron chi connectivity index (χ4n) is 2.30.